The van der Waals surface area contributed by atoms with E-state index in [1.54, 1.807) is 4.57 Å². The van der Waals surface area contributed by atoms with Crippen LogP contribution in [0.15, 0.2) is 72.9 Å². The molecule has 0 spiro atoms. The van der Waals surface area contributed by atoms with E-state index < -0.39 is 11.9 Å². The molecule has 0 aliphatic rings. The number of hydrogen-bond donors (Lipinski definition) is 2. The van der Waals surface area contributed by atoms with Crippen LogP contribution in [0.3, 0.4) is 0 Å². The van der Waals surface area contributed by atoms with E-state index in [-0.39, 0.29) is 11.3 Å². The normalized spacial score (nSPS) is 11.5. The molecule has 0 aliphatic heterocycles. The zero-order valence-corrected chi connectivity index (χ0v) is 20.2. The first kappa shape index (κ1) is 22.5. The number of carbonyl (C=O) groups excluding carboxylic acids is 1. The summed E-state index contributed by atoms with van der Waals surface area (Å²) >= 11 is 0. The first-order chi connectivity index (χ1) is 16.7. The average molecular weight is 466 g/mol. The van der Waals surface area contributed by atoms with Gasteiger partial charge in [-0.25, -0.2) is 4.79 Å². The molecule has 2 heterocycles. The molecule has 0 saturated carbocycles. The number of anilines is 1. The van der Waals surface area contributed by atoms with Crippen molar-refractivity contribution < 1.29 is 14.7 Å². The van der Waals surface area contributed by atoms with Crippen LogP contribution < -0.4 is 5.32 Å². The molecular formula is C29H27N3O3. The van der Waals surface area contributed by atoms with Crippen molar-refractivity contribution >= 4 is 39.4 Å². The highest BCUT2D eigenvalue weighted by Crippen LogP contribution is 2.32. The second kappa shape index (κ2) is 8.47. The van der Waals surface area contributed by atoms with Crippen molar-refractivity contribution in [3.63, 3.8) is 0 Å². The van der Waals surface area contributed by atoms with E-state index in [0.717, 1.165) is 22.0 Å². The van der Waals surface area contributed by atoms with Gasteiger partial charge in [-0.3, -0.25) is 4.79 Å². The molecule has 2 N–H and O–H groups in total. The number of fused-ring (bicyclic) bond motifs is 2. The summed E-state index contributed by atoms with van der Waals surface area (Å²) in [5.41, 5.74) is 5.27. The molecule has 0 unspecified atom stereocenters. The van der Waals surface area contributed by atoms with Crippen LogP contribution >= 0.6 is 0 Å². The second-order valence-electron chi connectivity index (χ2n) is 9.29. The molecule has 6 heteroatoms. The highest BCUT2D eigenvalue weighted by atomic mass is 16.4. The van der Waals surface area contributed by atoms with Crippen LogP contribution in [-0.4, -0.2) is 26.1 Å². The van der Waals surface area contributed by atoms with Crippen molar-refractivity contribution in [1.29, 1.82) is 0 Å². The number of hydrogen-bond acceptors (Lipinski definition) is 2. The number of aromatic nitrogens is 2. The molecule has 5 rings (SSSR count). The number of nitrogens with one attached hydrogen (secondary N) is 1. The quantitative estimate of drug-likeness (QED) is 0.311. The number of carboxylic acid groups (broad SMARTS) is 1. The van der Waals surface area contributed by atoms with Crippen molar-refractivity contribution in [3.05, 3.63) is 95.3 Å². The topological polar surface area (TPSA) is 76.3 Å². The SMILES string of the molecule is Cc1ccc2c(C(=O)Nc3ccc4c(ccn4C)c3)c(C(=O)O)n(-c3ccc(C(C)C)cc3)c2c1. The summed E-state index contributed by atoms with van der Waals surface area (Å²) in [6, 6.07) is 21.1. The summed E-state index contributed by atoms with van der Waals surface area (Å²) in [6.45, 7) is 6.18. The van der Waals surface area contributed by atoms with Crippen LogP contribution in [0.25, 0.3) is 27.5 Å². The van der Waals surface area contributed by atoms with Crippen LogP contribution in [-0.2, 0) is 7.05 Å². The molecular weight excluding hydrogens is 438 g/mol. The van der Waals surface area contributed by atoms with Gasteiger partial charge in [-0.15, -0.1) is 0 Å². The zero-order valence-electron chi connectivity index (χ0n) is 20.2. The molecule has 0 aliphatic carbocycles. The van der Waals surface area contributed by atoms with Gasteiger partial charge in [0.2, 0.25) is 0 Å². The van der Waals surface area contributed by atoms with Crippen molar-refractivity contribution in [2.24, 2.45) is 7.05 Å². The monoisotopic (exact) mass is 465 g/mol. The molecule has 6 nitrogen and oxygen atoms in total. The van der Waals surface area contributed by atoms with E-state index in [0.29, 0.717) is 28.2 Å². The Bertz CT molecular complexity index is 1600. The van der Waals surface area contributed by atoms with E-state index in [2.05, 4.69) is 19.2 Å². The van der Waals surface area contributed by atoms with Crippen LogP contribution in [0, 0.1) is 6.92 Å². The van der Waals surface area contributed by atoms with Gasteiger partial charge < -0.3 is 19.6 Å². The third-order valence-electron chi connectivity index (χ3n) is 6.51. The minimum Gasteiger partial charge on any atom is -0.477 e. The predicted octanol–water partition coefficient (Wildman–Crippen LogP) is 6.50. The van der Waals surface area contributed by atoms with Gasteiger partial charge in [0.25, 0.3) is 5.91 Å². The predicted molar refractivity (Wildman–Crippen MR) is 140 cm³/mol. The van der Waals surface area contributed by atoms with E-state index in [1.807, 2.05) is 91.5 Å². The molecule has 35 heavy (non-hydrogen) atoms. The first-order valence-corrected chi connectivity index (χ1v) is 11.6. The highest BCUT2D eigenvalue weighted by Gasteiger charge is 2.28. The lowest BCUT2D eigenvalue weighted by Crippen LogP contribution is -2.17. The number of amides is 1. The Morgan fingerprint density at radius 2 is 1.66 bits per heavy atom. The number of rotatable bonds is 5. The van der Waals surface area contributed by atoms with E-state index in [1.165, 1.54) is 0 Å². The van der Waals surface area contributed by atoms with Gasteiger partial charge in [0.15, 0.2) is 0 Å². The lowest BCUT2D eigenvalue weighted by Gasteiger charge is -2.12. The molecule has 176 valence electrons. The Kier molecular flexibility index (Phi) is 5.44. The molecule has 0 fully saturated rings. The van der Waals surface area contributed by atoms with Crippen molar-refractivity contribution in [3.8, 4) is 5.69 Å². The summed E-state index contributed by atoms with van der Waals surface area (Å²) in [5, 5.41) is 14.8. The number of carbonyl (C=O) groups is 2. The summed E-state index contributed by atoms with van der Waals surface area (Å²) in [7, 11) is 1.96. The molecule has 0 bridgehead atoms. The standard InChI is InChI=1S/C29H27N3O3/c1-17(2)19-6-9-22(10-7-19)32-25-15-18(3)5-11-23(25)26(27(32)29(34)35)28(33)30-21-8-12-24-20(16-21)13-14-31(24)4/h5-17H,1-4H3,(H,30,33)(H,34,35). The Labute approximate surface area is 203 Å². The summed E-state index contributed by atoms with van der Waals surface area (Å²) in [5.74, 6) is -1.26. The Morgan fingerprint density at radius 3 is 2.34 bits per heavy atom. The second-order valence-corrected chi connectivity index (χ2v) is 9.29. The molecule has 3 aromatic carbocycles. The number of nitrogens with zero attached hydrogens (tertiary/aromatic N) is 2. The molecule has 1 amide bonds. The van der Waals surface area contributed by atoms with Gasteiger partial charge in [0.1, 0.15) is 5.69 Å². The molecule has 0 radical (unpaired) electrons. The smallest absolute Gasteiger partial charge is 0.353 e. The van der Waals surface area contributed by atoms with Gasteiger partial charge in [0, 0.05) is 40.9 Å². The van der Waals surface area contributed by atoms with Gasteiger partial charge in [-0.05, 0) is 66.4 Å². The number of carboxylic acids is 1. The Balaban J connectivity index is 1.67. The molecule has 5 aromatic rings. The van der Waals surface area contributed by atoms with Crippen molar-refractivity contribution in [2.75, 3.05) is 5.32 Å². The third kappa shape index (κ3) is 3.87. The van der Waals surface area contributed by atoms with Gasteiger partial charge in [-0.2, -0.15) is 0 Å². The van der Waals surface area contributed by atoms with Crippen molar-refractivity contribution in [2.45, 2.75) is 26.7 Å². The lowest BCUT2D eigenvalue weighted by atomic mass is 10.0. The molecule has 2 aromatic heterocycles. The van der Waals surface area contributed by atoms with E-state index >= 15 is 0 Å². The fourth-order valence-electron chi connectivity index (χ4n) is 4.66. The minimum absolute atomic E-state index is 0.0545. The summed E-state index contributed by atoms with van der Waals surface area (Å²) < 4.78 is 3.67. The molecule has 0 saturated heterocycles. The van der Waals surface area contributed by atoms with Crippen LogP contribution in [0.4, 0.5) is 5.69 Å². The minimum atomic E-state index is -1.16. The fourth-order valence-corrected chi connectivity index (χ4v) is 4.66. The first-order valence-electron chi connectivity index (χ1n) is 11.6. The van der Waals surface area contributed by atoms with E-state index in [9.17, 15) is 14.7 Å². The largest absolute Gasteiger partial charge is 0.477 e. The summed E-state index contributed by atoms with van der Waals surface area (Å²) in [4.78, 5) is 26.2. The van der Waals surface area contributed by atoms with Gasteiger partial charge in [0.05, 0.1) is 11.1 Å². The molecule has 0 atom stereocenters. The lowest BCUT2D eigenvalue weighted by molar-refractivity contribution is 0.0684. The third-order valence-corrected chi connectivity index (χ3v) is 6.51. The summed E-state index contributed by atoms with van der Waals surface area (Å²) in [6.07, 6.45) is 1.96. The Morgan fingerprint density at radius 1 is 0.914 bits per heavy atom. The maximum Gasteiger partial charge on any atom is 0.353 e. The van der Waals surface area contributed by atoms with Gasteiger partial charge in [-0.1, -0.05) is 38.1 Å². The average Bonchev–Trinajstić information content (AvgIpc) is 3.36. The highest BCUT2D eigenvalue weighted by molar-refractivity contribution is 6.19. The van der Waals surface area contributed by atoms with Crippen LogP contribution in [0.1, 0.15) is 51.7 Å². The maximum atomic E-state index is 13.6. The Hall–Kier alpha value is -4.32. The number of aryl methyl sites for hydroxylation is 2. The number of benzene rings is 3. The zero-order chi connectivity index (χ0) is 24.9. The maximum absolute atomic E-state index is 13.6. The van der Waals surface area contributed by atoms with Crippen LogP contribution in [0.5, 0.6) is 0 Å². The van der Waals surface area contributed by atoms with Crippen LogP contribution in [0.2, 0.25) is 0 Å². The number of aromatic carboxylic acids is 1. The van der Waals surface area contributed by atoms with Gasteiger partial charge >= 0.3 is 5.97 Å². The van der Waals surface area contributed by atoms with Crippen molar-refractivity contribution in [1.82, 2.24) is 9.13 Å². The van der Waals surface area contributed by atoms with E-state index in [4.69, 9.17) is 0 Å². The fraction of sp³-hybridized carbons (Fsp3) is 0.172.